The van der Waals surface area contributed by atoms with Gasteiger partial charge in [0.1, 0.15) is 6.10 Å². The Balaban J connectivity index is 4.08. The zero-order valence-electron chi connectivity index (χ0n) is 5.08. The van der Waals surface area contributed by atoms with Gasteiger partial charge in [0.25, 0.3) is 0 Å². The molecule has 0 aromatic heterocycles. The van der Waals surface area contributed by atoms with Crippen molar-refractivity contribution < 1.29 is 24.6 Å². The Labute approximate surface area is 57.4 Å². The monoisotopic (exact) mass is 171 g/mol. The predicted octanol–water partition coefficient (Wildman–Crippen LogP) is -2.20. The fraction of sp³-hybridized carbons (Fsp3) is 1.00. The maximum absolute atomic E-state index is 10.2. The molecule has 0 saturated carbocycles. The molecule has 0 amide bonds. The Morgan fingerprint density at radius 1 is 1.40 bits per heavy atom. The number of rotatable bonds is 3. The van der Waals surface area contributed by atoms with E-state index < -0.39 is 19.5 Å². The predicted molar refractivity (Wildman–Crippen MR) is 33.1 cm³/mol. The lowest BCUT2D eigenvalue weighted by Crippen LogP contribution is -2.32. The van der Waals surface area contributed by atoms with Gasteiger partial charge in [-0.25, -0.2) is 0 Å². The van der Waals surface area contributed by atoms with Crippen LogP contribution in [0.4, 0.5) is 0 Å². The third kappa shape index (κ3) is 2.74. The summed E-state index contributed by atoms with van der Waals surface area (Å²) in [5.74, 6) is -2.07. The molecule has 6 N–H and O–H groups in total. The maximum Gasteiger partial charge on any atom is 0.356 e. The maximum atomic E-state index is 10.2. The van der Waals surface area contributed by atoms with Crippen LogP contribution < -0.4 is 5.73 Å². The van der Waals surface area contributed by atoms with Crippen molar-refractivity contribution in [2.75, 3.05) is 6.54 Å². The minimum Gasteiger partial charge on any atom is -0.388 e. The molecular weight excluding hydrogens is 161 g/mol. The van der Waals surface area contributed by atoms with Crippen molar-refractivity contribution in [3.8, 4) is 0 Å². The first-order valence-corrected chi connectivity index (χ1v) is 4.19. The van der Waals surface area contributed by atoms with E-state index >= 15 is 0 Å². The van der Waals surface area contributed by atoms with Crippen molar-refractivity contribution in [3.63, 3.8) is 0 Å². The topological polar surface area (TPSA) is 124 Å². The van der Waals surface area contributed by atoms with E-state index in [1.807, 2.05) is 0 Å². The molecular formula is C3H10NO5P. The Hall–Kier alpha value is 0.0300. The van der Waals surface area contributed by atoms with Crippen molar-refractivity contribution in [2.45, 2.75) is 11.9 Å². The summed E-state index contributed by atoms with van der Waals surface area (Å²) in [5, 5.41) is 17.2. The minimum atomic E-state index is -4.60. The van der Waals surface area contributed by atoms with Gasteiger partial charge in [-0.15, -0.1) is 0 Å². The highest BCUT2D eigenvalue weighted by molar-refractivity contribution is 7.52. The average molecular weight is 171 g/mol. The van der Waals surface area contributed by atoms with Gasteiger partial charge in [-0.1, -0.05) is 0 Å². The van der Waals surface area contributed by atoms with Crippen LogP contribution in [0.1, 0.15) is 0 Å². The molecule has 0 saturated heterocycles. The molecule has 0 aromatic rings. The second-order valence-electron chi connectivity index (χ2n) is 1.81. The zero-order valence-corrected chi connectivity index (χ0v) is 5.98. The highest BCUT2D eigenvalue weighted by atomic mass is 31.2. The van der Waals surface area contributed by atoms with Gasteiger partial charge in [-0.2, -0.15) is 0 Å². The number of hydrogen-bond acceptors (Lipinski definition) is 4. The Bertz CT molecular complexity index is 144. The van der Waals surface area contributed by atoms with Crippen molar-refractivity contribution in [2.24, 2.45) is 5.73 Å². The summed E-state index contributed by atoms with van der Waals surface area (Å²) in [6.45, 7) is -0.383. The zero-order chi connectivity index (χ0) is 8.36. The van der Waals surface area contributed by atoms with Gasteiger partial charge in [0.15, 0.2) is 5.85 Å². The summed E-state index contributed by atoms with van der Waals surface area (Å²) < 4.78 is 10.2. The lowest BCUT2D eigenvalue weighted by atomic mass is 10.4. The number of hydrogen-bond donors (Lipinski definition) is 5. The number of aliphatic hydroxyl groups excluding tert-OH is 2. The third-order valence-electron chi connectivity index (χ3n) is 0.930. The van der Waals surface area contributed by atoms with Crippen molar-refractivity contribution in [1.29, 1.82) is 0 Å². The van der Waals surface area contributed by atoms with Gasteiger partial charge >= 0.3 is 7.60 Å². The summed E-state index contributed by atoms with van der Waals surface area (Å²) >= 11 is 0. The Morgan fingerprint density at radius 3 is 1.90 bits per heavy atom. The normalized spacial score (nSPS) is 18.5. The molecule has 0 radical (unpaired) electrons. The van der Waals surface area contributed by atoms with Crippen molar-refractivity contribution in [3.05, 3.63) is 0 Å². The summed E-state index contributed by atoms with van der Waals surface area (Å²) in [4.78, 5) is 16.5. The Morgan fingerprint density at radius 2 is 1.80 bits per heavy atom. The van der Waals surface area contributed by atoms with Crippen LogP contribution in [0.15, 0.2) is 0 Å². The van der Waals surface area contributed by atoms with Gasteiger partial charge < -0.3 is 25.7 Å². The first-order valence-electron chi connectivity index (χ1n) is 2.51. The smallest absolute Gasteiger partial charge is 0.356 e. The highest BCUT2D eigenvalue weighted by Gasteiger charge is 2.32. The van der Waals surface area contributed by atoms with Gasteiger partial charge in [-0.3, -0.25) is 4.57 Å². The van der Waals surface area contributed by atoms with E-state index in [0.717, 1.165) is 0 Å². The fourth-order valence-corrected chi connectivity index (χ4v) is 0.916. The summed E-state index contributed by atoms with van der Waals surface area (Å²) in [7, 11) is -4.60. The lowest BCUT2D eigenvalue weighted by molar-refractivity contribution is 0.0575. The summed E-state index contributed by atoms with van der Waals surface area (Å²) in [6, 6.07) is 0. The molecule has 6 nitrogen and oxygen atoms in total. The first-order chi connectivity index (χ1) is 4.39. The van der Waals surface area contributed by atoms with Crippen LogP contribution in [0.3, 0.4) is 0 Å². The van der Waals surface area contributed by atoms with Crippen molar-refractivity contribution >= 4 is 7.60 Å². The minimum absolute atomic E-state index is 0.383. The molecule has 2 unspecified atom stereocenters. The molecule has 0 aliphatic carbocycles. The van der Waals surface area contributed by atoms with E-state index in [1.165, 1.54) is 0 Å². The van der Waals surface area contributed by atoms with Gasteiger partial charge in [-0.05, 0) is 0 Å². The molecule has 0 spiro atoms. The van der Waals surface area contributed by atoms with Gasteiger partial charge in [0.2, 0.25) is 0 Å². The Kier molecular flexibility index (Phi) is 3.44. The van der Waals surface area contributed by atoms with E-state index in [0.29, 0.717) is 0 Å². The highest BCUT2D eigenvalue weighted by Crippen LogP contribution is 2.40. The SMILES string of the molecule is NCC(O)C(O)P(=O)(O)O. The van der Waals surface area contributed by atoms with Crippen LogP contribution in [-0.2, 0) is 4.57 Å². The molecule has 0 aliphatic heterocycles. The van der Waals surface area contributed by atoms with E-state index in [9.17, 15) is 4.57 Å². The second-order valence-corrected chi connectivity index (χ2v) is 3.51. The summed E-state index contributed by atoms with van der Waals surface area (Å²) in [6.07, 6.45) is -1.57. The lowest BCUT2D eigenvalue weighted by Gasteiger charge is -2.16. The van der Waals surface area contributed by atoms with Crippen LogP contribution in [0.25, 0.3) is 0 Å². The van der Waals surface area contributed by atoms with Crippen LogP contribution in [-0.4, -0.2) is 38.5 Å². The van der Waals surface area contributed by atoms with Crippen LogP contribution in [0.5, 0.6) is 0 Å². The fourth-order valence-electron chi connectivity index (χ4n) is 0.346. The van der Waals surface area contributed by atoms with Crippen molar-refractivity contribution in [1.82, 2.24) is 0 Å². The average Bonchev–Trinajstić information content (AvgIpc) is 1.83. The second kappa shape index (κ2) is 3.43. The molecule has 0 rings (SSSR count). The third-order valence-corrected chi connectivity index (χ3v) is 1.96. The molecule has 0 bridgehead atoms. The van der Waals surface area contributed by atoms with Gasteiger partial charge in [0.05, 0.1) is 0 Å². The molecule has 10 heavy (non-hydrogen) atoms. The van der Waals surface area contributed by atoms with E-state index in [2.05, 4.69) is 0 Å². The van der Waals surface area contributed by atoms with E-state index in [4.69, 9.17) is 25.7 Å². The largest absolute Gasteiger partial charge is 0.388 e. The molecule has 0 heterocycles. The molecule has 2 atom stereocenters. The quantitative estimate of drug-likeness (QED) is 0.307. The van der Waals surface area contributed by atoms with E-state index in [1.54, 1.807) is 0 Å². The van der Waals surface area contributed by atoms with Crippen LogP contribution >= 0.6 is 7.60 Å². The number of nitrogens with two attached hydrogens (primary N) is 1. The van der Waals surface area contributed by atoms with Crippen LogP contribution in [0.2, 0.25) is 0 Å². The molecule has 0 aliphatic rings. The molecule has 0 fully saturated rings. The molecule has 0 aromatic carbocycles. The molecule has 7 heteroatoms. The first kappa shape index (κ1) is 10.0. The summed E-state index contributed by atoms with van der Waals surface area (Å²) in [5.41, 5.74) is 4.82. The van der Waals surface area contributed by atoms with Crippen LogP contribution in [0, 0.1) is 0 Å². The van der Waals surface area contributed by atoms with E-state index in [-0.39, 0.29) is 6.54 Å². The number of aliphatic hydroxyl groups is 2. The standard InChI is InChI=1S/C3H10NO5P/c4-1-2(5)3(6)10(7,8)9/h2-3,5-6H,1,4H2,(H2,7,8,9). The van der Waals surface area contributed by atoms with Gasteiger partial charge in [0, 0.05) is 6.54 Å². The molecule has 62 valence electrons.